The molecular weight excluding hydrogens is 308 g/mol. The van der Waals surface area contributed by atoms with Gasteiger partial charge in [0.15, 0.2) is 0 Å². The molecule has 0 spiro atoms. The summed E-state index contributed by atoms with van der Waals surface area (Å²) in [5, 5.41) is 5.71. The first-order chi connectivity index (χ1) is 11.3. The minimum Gasteiger partial charge on any atom is -0.326 e. The van der Waals surface area contributed by atoms with Crippen molar-refractivity contribution in [3.63, 3.8) is 0 Å². The molecule has 0 aliphatic rings. The van der Waals surface area contributed by atoms with Crippen LogP contribution in [0.3, 0.4) is 0 Å². The van der Waals surface area contributed by atoms with E-state index >= 15 is 0 Å². The Bertz CT molecular complexity index is 784. The third-order valence-electron chi connectivity index (χ3n) is 3.23. The van der Waals surface area contributed by atoms with Crippen molar-refractivity contribution in [3.8, 4) is 22.0 Å². The van der Waals surface area contributed by atoms with Crippen molar-refractivity contribution in [2.45, 2.75) is 19.8 Å². The van der Waals surface area contributed by atoms with E-state index in [1.54, 1.807) is 18.6 Å². The molecule has 5 nitrogen and oxygen atoms in total. The first kappa shape index (κ1) is 15.3. The zero-order chi connectivity index (χ0) is 16.1. The van der Waals surface area contributed by atoms with Gasteiger partial charge in [-0.3, -0.25) is 14.8 Å². The van der Waals surface area contributed by atoms with Crippen molar-refractivity contribution >= 4 is 22.9 Å². The molecule has 116 valence electrons. The molecule has 1 N–H and O–H groups in total. The largest absolute Gasteiger partial charge is 0.326 e. The van der Waals surface area contributed by atoms with Crippen LogP contribution in [0.4, 0.5) is 5.69 Å². The number of hydrogen-bond donors (Lipinski definition) is 1. The van der Waals surface area contributed by atoms with Crippen molar-refractivity contribution in [1.82, 2.24) is 15.0 Å². The second kappa shape index (κ2) is 7.11. The van der Waals surface area contributed by atoms with Crippen molar-refractivity contribution in [2.24, 2.45) is 0 Å². The molecule has 3 rings (SSSR count). The Balaban J connectivity index is 1.75. The highest BCUT2D eigenvalue weighted by Crippen LogP contribution is 2.28. The van der Waals surface area contributed by atoms with Gasteiger partial charge in [0.25, 0.3) is 0 Å². The Kier molecular flexibility index (Phi) is 4.73. The van der Waals surface area contributed by atoms with E-state index in [4.69, 9.17) is 0 Å². The van der Waals surface area contributed by atoms with Crippen LogP contribution in [-0.4, -0.2) is 20.9 Å². The smallest absolute Gasteiger partial charge is 0.224 e. The summed E-state index contributed by atoms with van der Waals surface area (Å²) in [6.45, 7) is 1.99. The minimum atomic E-state index is 0.0406. The second-order valence-electron chi connectivity index (χ2n) is 5.00. The third kappa shape index (κ3) is 3.78. The lowest BCUT2D eigenvalue weighted by Crippen LogP contribution is -2.10. The quantitative estimate of drug-likeness (QED) is 0.770. The predicted molar refractivity (Wildman–Crippen MR) is 92.1 cm³/mol. The lowest BCUT2D eigenvalue weighted by atomic mass is 10.1. The highest BCUT2D eigenvalue weighted by atomic mass is 32.1. The number of hydrogen-bond acceptors (Lipinski definition) is 5. The lowest BCUT2D eigenvalue weighted by Gasteiger charge is -2.04. The van der Waals surface area contributed by atoms with Gasteiger partial charge in [-0.05, 0) is 18.6 Å². The number of carbonyl (C=O) groups excluding carboxylic acids is 1. The fourth-order valence-corrected chi connectivity index (χ4v) is 2.90. The Labute approximate surface area is 138 Å². The number of aromatic nitrogens is 3. The molecule has 0 unspecified atom stereocenters. The molecule has 0 saturated heterocycles. The Hall–Kier alpha value is -2.60. The summed E-state index contributed by atoms with van der Waals surface area (Å²) >= 11 is 1.54. The standard InChI is InChI=1S/C17H16N4OS/c1-2-3-16(22)20-13-6-4-12(5-7-13)15-11-23-17(21-15)14-10-18-8-9-19-14/h4-11H,2-3H2,1H3,(H,20,22). The van der Waals surface area contributed by atoms with Gasteiger partial charge in [0.1, 0.15) is 10.7 Å². The number of benzene rings is 1. The molecule has 0 atom stereocenters. The summed E-state index contributed by atoms with van der Waals surface area (Å²) in [5.41, 5.74) is 3.47. The molecule has 0 bridgehead atoms. The van der Waals surface area contributed by atoms with E-state index in [0.29, 0.717) is 6.42 Å². The molecular formula is C17H16N4OS. The average Bonchev–Trinajstić information content (AvgIpc) is 3.07. The fraction of sp³-hybridized carbons (Fsp3) is 0.176. The SMILES string of the molecule is CCCC(=O)Nc1ccc(-c2csc(-c3cnccn3)n2)cc1. The summed E-state index contributed by atoms with van der Waals surface area (Å²) in [6.07, 6.45) is 6.38. The monoisotopic (exact) mass is 324 g/mol. The van der Waals surface area contributed by atoms with E-state index in [1.807, 2.05) is 36.6 Å². The summed E-state index contributed by atoms with van der Waals surface area (Å²) in [6, 6.07) is 7.70. The molecule has 3 aromatic rings. The molecule has 0 radical (unpaired) electrons. The zero-order valence-electron chi connectivity index (χ0n) is 12.7. The van der Waals surface area contributed by atoms with Gasteiger partial charge in [0.2, 0.25) is 5.91 Å². The highest BCUT2D eigenvalue weighted by Gasteiger charge is 2.08. The van der Waals surface area contributed by atoms with Gasteiger partial charge in [-0.15, -0.1) is 11.3 Å². The first-order valence-corrected chi connectivity index (χ1v) is 8.26. The molecule has 0 saturated carbocycles. The van der Waals surface area contributed by atoms with Crippen LogP contribution in [-0.2, 0) is 4.79 Å². The number of rotatable bonds is 5. The fourth-order valence-electron chi connectivity index (χ4n) is 2.11. The van der Waals surface area contributed by atoms with Gasteiger partial charge in [-0.1, -0.05) is 19.1 Å². The molecule has 0 fully saturated rings. The second-order valence-corrected chi connectivity index (χ2v) is 5.86. The first-order valence-electron chi connectivity index (χ1n) is 7.38. The van der Waals surface area contributed by atoms with Crippen LogP contribution >= 0.6 is 11.3 Å². The van der Waals surface area contributed by atoms with Crippen LogP contribution in [0.25, 0.3) is 22.0 Å². The van der Waals surface area contributed by atoms with Crippen LogP contribution in [0.5, 0.6) is 0 Å². The normalized spacial score (nSPS) is 10.5. The molecule has 2 heterocycles. The molecule has 23 heavy (non-hydrogen) atoms. The van der Waals surface area contributed by atoms with E-state index in [2.05, 4.69) is 20.3 Å². The van der Waals surface area contributed by atoms with Gasteiger partial charge >= 0.3 is 0 Å². The Morgan fingerprint density at radius 3 is 2.70 bits per heavy atom. The van der Waals surface area contributed by atoms with Crippen molar-refractivity contribution < 1.29 is 4.79 Å². The van der Waals surface area contributed by atoms with E-state index in [9.17, 15) is 4.79 Å². The van der Waals surface area contributed by atoms with Crippen LogP contribution < -0.4 is 5.32 Å². The highest BCUT2D eigenvalue weighted by molar-refractivity contribution is 7.13. The molecule has 6 heteroatoms. The van der Waals surface area contributed by atoms with Gasteiger partial charge in [0.05, 0.1) is 11.9 Å². The van der Waals surface area contributed by atoms with Crippen molar-refractivity contribution in [3.05, 3.63) is 48.2 Å². The lowest BCUT2D eigenvalue weighted by molar-refractivity contribution is -0.116. The van der Waals surface area contributed by atoms with Crippen molar-refractivity contribution in [1.29, 1.82) is 0 Å². The van der Waals surface area contributed by atoms with Gasteiger partial charge in [-0.2, -0.15) is 0 Å². The number of nitrogens with zero attached hydrogens (tertiary/aromatic N) is 3. The Morgan fingerprint density at radius 2 is 2.00 bits per heavy atom. The number of nitrogens with one attached hydrogen (secondary N) is 1. The van der Waals surface area contributed by atoms with E-state index in [1.165, 1.54) is 11.3 Å². The minimum absolute atomic E-state index is 0.0406. The maximum atomic E-state index is 11.6. The maximum Gasteiger partial charge on any atom is 0.224 e. The molecule has 0 aliphatic heterocycles. The number of anilines is 1. The van der Waals surface area contributed by atoms with Crippen LogP contribution in [0.1, 0.15) is 19.8 Å². The molecule has 1 amide bonds. The number of thiazole rings is 1. The van der Waals surface area contributed by atoms with E-state index < -0.39 is 0 Å². The summed E-state index contributed by atoms with van der Waals surface area (Å²) in [5.74, 6) is 0.0406. The van der Waals surface area contributed by atoms with E-state index in [-0.39, 0.29) is 5.91 Å². The predicted octanol–water partition coefficient (Wildman–Crippen LogP) is 4.01. The average molecular weight is 324 g/mol. The Morgan fingerprint density at radius 1 is 1.17 bits per heavy atom. The summed E-state index contributed by atoms with van der Waals surface area (Å²) in [4.78, 5) is 24.5. The third-order valence-corrected chi connectivity index (χ3v) is 4.09. The van der Waals surface area contributed by atoms with Crippen LogP contribution in [0, 0.1) is 0 Å². The van der Waals surface area contributed by atoms with Crippen LogP contribution in [0.15, 0.2) is 48.2 Å². The molecule has 1 aromatic carbocycles. The maximum absolute atomic E-state index is 11.6. The van der Waals surface area contributed by atoms with Gasteiger partial charge in [-0.25, -0.2) is 4.98 Å². The van der Waals surface area contributed by atoms with Crippen molar-refractivity contribution in [2.75, 3.05) is 5.32 Å². The van der Waals surface area contributed by atoms with Gasteiger partial charge in [0, 0.05) is 35.4 Å². The number of amides is 1. The summed E-state index contributed by atoms with van der Waals surface area (Å²) < 4.78 is 0. The molecule has 0 aliphatic carbocycles. The van der Waals surface area contributed by atoms with E-state index in [0.717, 1.165) is 34.1 Å². The zero-order valence-corrected chi connectivity index (χ0v) is 13.5. The topological polar surface area (TPSA) is 67.8 Å². The van der Waals surface area contributed by atoms with Gasteiger partial charge < -0.3 is 5.32 Å². The summed E-state index contributed by atoms with van der Waals surface area (Å²) in [7, 11) is 0. The molecule has 2 aromatic heterocycles. The number of carbonyl (C=O) groups is 1. The van der Waals surface area contributed by atoms with Crippen LogP contribution in [0.2, 0.25) is 0 Å².